The Bertz CT molecular complexity index is 847. The molecule has 2 aromatic rings. The molecule has 1 fully saturated rings. The number of benzene rings is 1. The molecule has 2 atom stereocenters. The average molecular weight is 368 g/mol. The molecule has 2 aliphatic rings. The Morgan fingerprint density at radius 2 is 2.19 bits per heavy atom. The molecule has 142 valence electrons. The van der Waals surface area contributed by atoms with Gasteiger partial charge in [-0.2, -0.15) is 0 Å². The lowest BCUT2D eigenvalue weighted by Crippen LogP contribution is -2.54. The van der Waals surface area contributed by atoms with E-state index in [1.165, 1.54) is 0 Å². The number of hydrogen-bond donors (Lipinski definition) is 1. The number of nitrogens with one attached hydrogen (secondary N) is 1. The molecule has 3 heterocycles. The highest BCUT2D eigenvalue weighted by molar-refractivity contribution is 5.90. The van der Waals surface area contributed by atoms with Crippen molar-refractivity contribution in [1.82, 2.24) is 19.8 Å². The molecule has 0 spiro atoms. The largest absolute Gasteiger partial charge is 0.480 e. The van der Waals surface area contributed by atoms with E-state index in [-0.39, 0.29) is 11.8 Å². The Kier molecular flexibility index (Phi) is 4.83. The molecule has 1 N–H and O–H groups in total. The second-order valence-electron chi connectivity index (χ2n) is 7.17. The number of piperidine rings is 1. The molecular weight excluding hydrogens is 344 g/mol. The summed E-state index contributed by atoms with van der Waals surface area (Å²) in [5.74, 6) is 1.34. The summed E-state index contributed by atoms with van der Waals surface area (Å²) in [4.78, 5) is 31.5. The molecule has 2 unspecified atom stereocenters. The monoisotopic (exact) mass is 368 g/mol. The third-order valence-electron chi connectivity index (χ3n) is 5.31. The van der Waals surface area contributed by atoms with Crippen molar-refractivity contribution in [2.45, 2.75) is 44.4 Å². The number of carbonyl (C=O) groups excluding carboxylic acids is 2. The summed E-state index contributed by atoms with van der Waals surface area (Å²) in [5, 5.41) is 2.91. The fourth-order valence-corrected chi connectivity index (χ4v) is 3.72. The summed E-state index contributed by atoms with van der Waals surface area (Å²) < 4.78 is 7.75. The molecule has 7 nitrogen and oxygen atoms in total. The van der Waals surface area contributed by atoms with Gasteiger partial charge in [-0.05, 0) is 37.3 Å². The van der Waals surface area contributed by atoms with E-state index in [0.29, 0.717) is 25.9 Å². The minimum atomic E-state index is -0.544. The van der Waals surface area contributed by atoms with Crippen LogP contribution in [0.5, 0.6) is 5.75 Å². The summed E-state index contributed by atoms with van der Waals surface area (Å²) in [7, 11) is 1.91. The van der Waals surface area contributed by atoms with Crippen molar-refractivity contribution in [2.24, 2.45) is 7.05 Å². The summed E-state index contributed by atoms with van der Waals surface area (Å²) in [6.07, 6.45) is 5.99. The standard InChI is InChI=1S/C20H24N4O3/c1-23-12-10-21-18(23)13-24-11-4-6-15(20(24)26)22-19(25)17-9-8-14-5-2-3-7-16(14)27-17/h2-3,5,7,10,12,15,17H,4,6,8-9,11,13H2,1H3,(H,22,25). The van der Waals surface area contributed by atoms with Gasteiger partial charge in [0, 0.05) is 26.0 Å². The smallest absolute Gasteiger partial charge is 0.261 e. The number of amides is 2. The van der Waals surface area contributed by atoms with Gasteiger partial charge in [-0.1, -0.05) is 18.2 Å². The normalized spacial score (nSPS) is 22.1. The number of carbonyl (C=O) groups is 2. The molecule has 4 rings (SSSR count). The van der Waals surface area contributed by atoms with Gasteiger partial charge in [-0.3, -0.25) is 9.59 Å². The highest BCUT2D eigenvalue weighted by atomic mass is 16.5. The third kappa shape index (κ3) is 3.67. The number of para-hydroxylation sites is 1. The zero-order valence-corrected chi connectivity index (χ0v) is 15.4. The molecule has 0 saturated carbocycles. The van der Waals surface area contributed by atoms with E-state index in [0.717, 1.165) is 30.0 Å². The van der Waals surface area contributed by atoms with Crippen LogP contribution in [0.15, 0.2) is 36.7 Å². The van der Waals surface area contributed by atoms with Crippen LogP contribution in [0, 0.1) is 0 Å². The fourth-order valence-electron chi connectivity index (χ4n) is 3.72. The quantitative estimate of drug-likeness (QED) is 0.886. The number of fused-ring (bicyclic) bond motifs is 1. The Morgan fingerprint density at radius 3 is 3.00 bits per heavy atom. The number of aromatic nitrogens is 2. The van der Waals surface area contributed by atoms with Gasteiger partial charge >= 0.3 is 0 Å². The number of imidazole rings is 1. The van der Waals surface area contributed by atoms with Gasteiger partial charge in [-0.15, -0.1) is 0 Å². The molecule has 1 aromatic heterocycles. The minimum absolute atomic E-state index is 0.0474. The van der Waals surface area contributed by atoms with E-state index in [1.807, 2.05) is 42.1 Å². The number of ether oxygens (including phenoxy) is 1. The van der Waals surface area contributed by atoms with Gasteiger partial charge < -0.3 is 19.5 Å². The maximum absolute atomic E-state index is 12.8. The van der Waals surface area contributed by atoms with Crippen LogP contribution in [0.4, 0.5) is 0 Å². The van der Waals surface area contributed by atoms with Crippen molar-refractivity contribution >= 4 is 11.8 Å². The van der Waals surface area contributed by atoms with E-state index >= 15 is 0 Å². The molecule has 2 aliphatic heterocycles. The SMILES string of the molecule is Cn1ccnc1CN1CCCC(NC(=O)C2CCc3ccccc3O2)C1=O. The molecule has 0 radical (unpaired) electrons. The van der Waals surface area contributed by atoms with Crippen molar-refractivity contribution in [1.29, 1.82) is 0 Å². The summed E-state index contributed by atoms with van der Waals surface area (Å²) >= 11 is 0. The Hall–Kier alpha value is -2.83. The van der Waals surface area contributed by atoms with Gasteiger partial charge in [0.25, 0.3) is 5.91 Å². The van der Waals surface area contributed by atoms with Crippen LogP contribution in [-0.2, 0) is 29.6 Å². The zero-order valence-electron chi connectivity index (χ0n) is 15.4. The van der Waals surface area contributed by atoms with Gasteiger partial charge in [-0.25, -0.2) is 4.98 Å². The lowest BCUT2D eigenvalue weighted by atomic mass is 10.0. The van der Waals surface area contributed by atoms with Crippen LogP contribution in [0.25, 0.3) is 0 Å². The molecule has 0 bridgehead atoms. The van der Waals surface area contributed by atoms with Crippen molar-refractivity contribution in [3.63, 3.8) is 0 Å². The van der Waals surface area contributed by atoms with E-state index in [1.54, 1.807) is 11.1 Å². The van der Waals surface area contributed by atoms with E-state index in [4.69, 9.17) is 4.74 Å². The summed E-state index contributed by atoms with van der Waals surface area (Å²) in [6.45, 7) is 1.15. The van der Waals surface area contributed by atoms with Crippen LogP contribution in [0.3, 0.4) is 0 Å². The number of nitrogens with zero attached hydrogens (tertiary/aromatic N) is 3. The molecular formula is C20H24N4O3. The van der Waals surface area contributed by atoms with Crippen LogP contribution in [-0.4, -0.2) is 45.0 Å². The van der Waals surface area contributed by atoms with Gasteiger partial charge in [0.15, 0.2) is 6.10 Å². The highest BCUT2D eigenvalue weighted by Crippen LogP contribution is 2.27. The molecule has 1 aromatic carbocycles. The third-order valence-corrected chi connectivity index (χ3v) is 5.31. The molecule has 1 saturated heterocycles. The Balaban J connectivity index is 1.38. The first-order valence-corrected chi connectivity index (χ1v) is 9.42. The highest BCUT2D eigenvalue weighted by Gasteiger charge is 2.33. The van der Waals surface area contributed by atoms with Crippen molar-refractivity contribution in [2.75, 3.05) is 6.54 Å². The fraction of sp³-hybridized carbons (Fsp3) is 0.450. The first-order valence-electron chi connectivity index (χ1n) is 9.42. The van der Waals surface area contributed by atoms with Crippen LogP contribution in [0.2, 0.25) is 0 Å². The second kappa shape index (κ2) is 7.42. The number of rotatable bonds is 4. The van der Waals surface area contributed by atoms with E-state index < -0.39 is 12.1 Å². The maximum atomic E-state index is 12.8. The number of likely N-dealkylation sites (tertiary alicyclic amines) is 1. The summed E-state index contributed by atoms with van der Waals surface area (Å²) in [5.41, 5.74) is 1.12. The van der Waals surface area contributed by atoms with E-state index in [2.05, 4.69) is 10.3 Å². The Morgan fingerprint density at radius 1 is 1.33 bits per heavy atom. The average Bonchev–Trinajstić information content (AvgIpc) is 3.09. The van der Waals surface area contributed by atoms with Gasteiger partial charge in [0.1, 0.15) is 17.6 Å². The predicted molar refractivity (Wildman–Crippen MR) is 99.0 cm³/mol. The predicted octanol–water partition coefficient (Wildman–Crippen LogP) is 1.42. The first kappa shape index (κ1) is 17.6. The van der Waals surface area contributed by atoms with Gasteiger partial charge in [0.2, 0.25) is 5.91 Å². The number of hydrogen-bond acceptors (Lipinski definition) is 4. The van der Waals surface area contributed by atoms with Crippen molar-refractivity contribution in [3.8, 4) is 5.75 Å². The topological polar surface area (TPSA) is 76.5 Å². The lowest BCUT2D eigenvalue weighted by molar-refractivity contribution is -0.141. The zero-order chi connectivity index (χ0) is 18.8. The molecule has 7 heteroatoms. The van der Waals surface area contributed by atoms with Crippen LogP contribution in [0.1, 0.15) is 30.7 Å². The van der Waals surface area contributed by atoms with E-state index in [9.17, 15) is 9.59 Å². The van der Waals surface area contributed by atoms with Gasteiger partial charge in [0.05, 0.1) is 6.54 Å². The lowest BCUT2D eigenvalue weighted by Gasteiger charge is -2.33. The minimum Gasteiger partial charge on any atom is -0.480 e. The van der Waals surface area contributed by atoms with Crippen molar-refractivity contribution in [3.05, 3.63) is 48.0 Å². The number of aryl methyl sites for hydroxylation is 2. The first-order chi connectivity index (χ1) is 13.1. The van der Waals surface area contributed by atoms with Crippen LogP contribution < -0.4 is 10.1 Å². The molecule has 27 heavy (non-hydrogen) atoms. The maximum Gasteiger partial charge on any atom is 0.261 e. The second-order valence-corrected chi connectivity index (χ2v) is 7.17. The summed E-state index contributed by atoms with van der Waals surface area (Å²) in [6, 6.07) is 7.28. The molecule has 2 amide bonds. The Labute approximate surface area is 158 Å². The van der Waals surface area contributed by atoms with Crippen LogP contribution >= 0.6 is 0 Å². The van der Waals surface area contributed by atoms with Crippen molar-refractivity contribution < 1.29 is 14.3 Å². The molecule has 0 aliphatic carbocycles.